The van der Waals surface area contributed by atoms with Crippen LogP contribution in [-0.2, 0) is 30.2 Å². The van der Waals surface area contributed by atoms with Gasteiger partial charge in [-0.25, -0.2) is 4.57 Å². The van der Waals surface area contributed by atoms with Crippen molar-refractivity contribution in [3.05, 3.63) is 29.8 Å². The zero-order valence-corrected chi connectivity index (χ0v) is 19.9. The Kier molecular flexibility index (Phi) is 8.43. The minimum atomic E-state index is -4.70. The molecule has 188 valence electrons. The van der Waals surface area contributed by atoms with E-state index in [-0.39, 0.29) is 24.6 Å². The summed E-state index contributed by atoms with van der Waals surface area (Å²) >= 11 is 0. The molecule has 0 radical (unpaired) electrons. The fraction of sp³-hybridized carbons (Fsp3) is 0.500. The quantitative estimate of drug-likeness (QED) is 0.165. The minimum Gasteiger partial charge on any atom is -0.404 e. The van der Waals surface area contributed by atoms with E-state index in [4.69, 9.17) is 21.3 Å². The topological polar surface area (TPSA) is 223 Å². The number of carbonyl (C=O) groups is 4. The molecule has 0 unspecified atom stereocenters. The van der Waals surface area contributed by atoms with Crippen molar-refractivity contribution < 1.29 is 38.1 Å². The molecule has 34 heavy (non-hydrogen) atoms. The number of hydrogen-bond acceptors (Lipinski definition) is 7. The van der Waals surface area contributed by atoms with E-state index in [2.05, 4.69) is 20.5 Å². The molecule has 4 atom stereocenters. The van der Waals surface area contributed by atoms with Crippen molar-refractivity contribution in [3.8, 4) is 5.75 Å². The molecule has 0 aromatic heterocycles. The largest absolute Gasteiger partial charge is 0.524 e. The molecule has 1 aliphatic carbocycles. The SMILES string of the molecule is CC(=O)N[C@@H](Cc1ccc(OP(=O)(O)O)cc1)C(=O)N[C@@H]1[C@H](N[C@@H](CC(N)=O)C(N)=O)C1(C)C. The molecule has 1 saturated carbocycles. The third-order valence-corrected chi connectivity index (χ3v) is 5.98. The van der Waals surface area contributed by atoms with Gasteiger partial charge in [0.1, 0.15) is 11.8 Å². The number of nitrogens with one attached hydrogen (secondary N) is 3. The van der Waals surface area contributed by atoms with Gasteiger partial charge in [0, 0.05) is 24.8 Å². The van der Waals surface area contributed by atoms with E-state index < -0.39 is 55.0 Å². The van der Waals surface area contributed by atoms with E-state index in [1.165, 1.54) is 31.2 Å². The van der Waals surface area contributed by atoms with E-state index >= 15 is 0 Å². The van der Waals surface area contributed by atoms with Crippen LogP contribution in [0.3, 0.4) is 0 Å². The number of carbonyl (C=O) groups excluding carboxylic acids is 4. The second-order valence-corrected chi connectivity index (χ2v) is 9.92. The maximum Gasteiger partial charge on any atom is 0.524 e. The van der Waals surface area contributed by atoms with Crippen LogP contribution < -0.4 is 31.9 Å². The van der Waals surface area contributed by atoms with Crippen molar-refractivity contribution in [3.63, 3.8) is 0 Å². The standard InChI is InChI=1S/C20H30N5O8P/c1-10(26)23-14(8-11-4-6-12(7-5-11)33-34(30,31)32)19(29)25-17-16(20(17,2)3)24-13(18(22)28)9-15(21)27/h4-7,13-14,16-17,24H,8-9H2,1-3H3,(H2,21,27)(H2,22,28)(H,23,26)(H,25,29)(H2,30,31,32)/t13-,14-,16-,17+/m0/s1. The molecule has 1 fully saturated rings. The summed E-state index contributed by atoms with van der Waals surface area (Å²) in [4.78, 5) is 65.2. The second-order valence-electron chi connectivity index (χ2n) is 8.76. The summed E-state index contributed by atoms with van der Waals surface area (Å²) in [6, 6.07) is 3.00. The van der Waals surface area contributed by atoms with Gasteiger partial charge in [-0.05, 0) is 17.7 Å². The van der Waals surface area contributed by atoms with Gasteiger partial charge in [-0.3, -0.25) is 34.3 Å². The van der Waals surface area contributed by atoms with Crippen molar-refractivity contribution in [1.29, 1.82) is 0 Å². The molecule has 4 amide bonds. The molecule has 0 aliphatic heterocycles. The van der Waals surface area contributed by atoms with E-state index in [0.29, 0.717) is 5.56 Å². The first-order valence-electron chi connectivity index (χ1n) is 10.4. The monoisotopic (exact) mass is 499 g/mol. The summed E-state index contributed by atoms with van der Waals surface area (Å²) in [7, 11) is -4.70. The number of benzene rings is 1. The van der Waals surface area contributed by atoms with Gasteiger partial charge in [0.05, 0.1) is 18.5 Å². The molecular formula is C20H30N5O8P. The fourth-order valence-corrected chi connectivity index (χ4v) is 4.04. The smallest absolute Gasteiger partial charge is 0.404 e. The highest BCUT2D eigenvalue weighted by Crippen LogP contribution is 2.45. The molecule has 9 N–H and O–H groups in total. The van der Waals surface area contributed by atoms with Crippen LogP contribution in [-0.4, -0.2) is 57.6 Å². The van der Waals surface area contributed by atoms with Crippen LogP contribution in [0.5, 0.6) is 5.75 Å². The maximum absolute atomic E-state index is 13.0. The van der Waals surface area contributed by atoms with Crippen LogP contribution in [0.1, 0.15) is 32.8 Å². The number of hydrogen-bond donors (Lipinski definition) is 7. The Balaban J connectivity index is 2.07. The van der Waals surface area contributed by atoms with Crippen LogP contribution in [0, 0.1) is 5.41 Å². The molecule has 14 heteroatoms. The summed E-state index contributed by atoms with van der Waals surface area (Å²) in [6.45, 7) is 4.97. The van der Waals surface area contributed by atoms with Gasteiger partial charge in [-0.1, -0.05) is 26.0 Å². The van der Waals surface area contributed by atoms with Crippen molar-refractivity contribution in [2.75, 3.05) is 0 Å². The molecule has 0 heterocycles. The first-order valence-corrected chi connectivity index (χ1v) is 11.9. The Morgan fingerprint density at radius 3 is 2.15 bits per heavy atom. The Morgan fingerprint density at radius 1 is 1.09 bits per heavy atom. The van der Waals surface area contributed by atoms with E-state index in [9.17, 15) is 23.7 Å². The van der Waals surface area contributed by atoms with Crippen LogP contribution in [0.4, 0.5) is 0 Å². The Morgan fingerprint density at radius 2 is 1.68 bits per heavy atom. The van der Waals surface area contributed by atoms with Crippen molar-refractivity contribution >= 4 is 31.5 Å². The van der Waals surface area contributed by atoms with Gasteiger partial charge in [0.2, 0.25) is 23.6 Å². The summed E-state index contributed by atoms with van der Waals surface area (Å²) in [5.74, 6) is -2.39. The van der Waals surface area contributed by atoms with Crippen LogP contribution >= 0.6 is 7.82 Å². The Bertz CT molecular complexity index is 993. The van der Waals surface area contributed by atoms with Gasteiger partial charge in [-0.15, -0.1) is 0 Å². The number of phosphoric ester groups is 1. The molecule has 1 aromatic carbocycles. The number of phosphoric acid groups is 1. The van der Waals surface area contributed by atoms with Gasteiger partial charge in [-0.2, -0.15) is 0 Å². The van der Waals surface area contributed by atoms with Crippen molar-refractivity contribution in [2.24, 2.45) is 16.9 Å². The number of amides is 4. The lowest BCUT2D eigenvalue weighted by atomic mass is 10.0. The number of rotatable bonds is 12. The molecule has 0 saturated heterocycles. The Hall–Kier alpha value is -2.99. The van der Waals surface area contributed by atoms with Gasteiger partial charge >= 0.3 is 7.82 Å². The lowest BCUT2D eigenvalue weighted by Crippen LogP contribution is -2.50. The van der Waals surface area contributed by atoms with E-state index in [1.807, 2.05) is 13.8 Å². The van der Waals surface area contributed by atoms with Crippen LogP contribution in [0.15, 0.2) is 24.3 Å². The first-order chi connectivity index (χ1) is 15.6. The van der Waals surface area contributed by atoms with Crippen LogP contribution in [0.2, 0.25) is 0 Å². The van der Waals surface area contributed by atoms with Crippen molar-refractivity contribution in [2.45, 2.75) is 57.8 Å². The van der Waals surface area contributed by atoms with Gasteiger partial charge < -0.3 is 26.6 Å². The average molecular weight is 499 g/mol. The molecule has 1 aromatic rings. The predicted octanol–water partition coefficient (Wildman–Crippen LogP) is -1.58. The molecule has 0 spiro atoms. The fourth-order valence-electron chi connectivity index (χ4n) is 3.65. The lowest BCUT2D eigenvalue weighted by Gasteiger charge is -2.19. The highest BCUT2D eigenvalue weighted by Gasteiger charge is 2.59. The third-order valence-electron chi connectivity index (χ3n) is 5.54. The number of nitrogens with two attached hydrogens (primary N) is 2. The molecule has 1 aliphatic rings. The highest BCUT2D eigenvalue weighted by atomic mass is 31.2. The summed E-state index contributed by atoms with van der Waals surface area (Å²) in [5, 5.41) is 8.39. The van der Waals surface area contributed by atoms with E-state index in [0.717, 1.165) is 0 Å². The maximum atomic E-state index is 13.0. The highest BCUT2D eigenvalue weighted by molar-refractivity contribution is 7.46. The lowest BCUT2D eigenvalue weighted by molar-refractivity contribution is -0.128. The van der Waals surface area contributed by atoms with Gasteiger partial charge in [0.15, 0.2) is 0 Å². The predicted molar refractivity (Wildman–Crippen MR) is 120 cm³/mol. The van der Waals surface area contributed by atoms with E-state index in [1.54, 1.807) is 0 Å². The number of primary amides is 2. The summed E-state index contributed by atoms with van der Waals surface area (Å²) in [5.41, 5.74) is 10.6. The second kappa shape index (κ2) is 10.5. The molecular weight excluding hydrogens is 469 g/mol. The van der Waals surface area contributed by atoms with Gasteiger partial charge in [0.25, 0.3) is 0 Å². The molecule has 13 nitrogen and oxygen atoms in total. The average Bonchev–Trinajstić information content (AvgIpc) is 3.18. The van der Waals surface area contributed by atoms with Crippen LogP contribution in [0.25, 0.3) is 0 Å². The normalized spacial score (nSPS) is 20.5. The summed E-state index contributed by atoms with van der Waals surface area (Å²) < 4.78 is 15.4. The molecule has 0 bridgehead atoms. The zero-order chi connectivity index (χ0) is 25.8. The first kappa shape index (κ1) is 27.3. The zero-order valence-electron chi connectivity index (χ0n) is 19.0. The minimum absolute atomic E-state index is 0.0498. The summed E-state index contributed by atoms with van der Waals surface area (Å²) in [6.07, 6.45) is -0.183. The Labute approximate surface area is 196 Å². The third kappa shape index (κ3) is 7.80. The van der Waals surface area contributed by atoms with Crippen molar-refractivity contribution in [1.82, 2.24) is 16.0 Å². The molecule has 2 rings (SSSR count).